The molecular weight excluding hydrogens is 270 g/mol. The predicted octanol–water partition coefficient (Wildman–Crippen LogP) is 1.56. The summed E-state index contributed by atoms with van der Waals surface area (Å²) in [5, 5.41) is 2.75. The molecule has 0 aromatic heterocycles. The van der Waals surface area contributed by atoms with Gasteiger partial charge < -0.3 is 15.0 Å². The Hall–Kier alpha value is -1.30. The van der Waals surface area contributed by atoms with E-state index in [1.54, 1.807) is 7.05 Å². The Balaban J connectivity index is 0.00000122. The van der Waals surface area contributed by atoms with Gasteiger partial charge in [-0.3, -0.25) is 9.69 Å². The molecule has 1 rings (SSSR count). The quantitative estimate of drug-likeness (QED) is 0.859. The van der Waals surface area contributed by atoms with Gasteiger partial charge in [0.05, 0.1) is 7.11 Å². The number of hydrogen-bond acceptors (Lipinski definition) is 4. The van der Waals surface area contributed by atoms with Crippen molar-refractivity contribution in [3.8, 4) is 0 Å². The zero-order valence-electron chi connectivity index (χ0n) is 14.5. The van der Waals surface area contributed by atoms with Crippen LogP contribution in [0.25, 0.3) is 0 Å². The molecule has 1 saturated heterocycles. The second-order valence-corrected chi connectivity index (χ2v) is 5.79. The molecule has 0 saturated carbocycles. The molecule has 6 nitrogen and oxygen atoms in total. The number of rotatable bonds is 3. The van der Waals surface area contributed by atoms with Gasteiger partial charge in [0.15, 0.2) is 0 Å². The van der Waals surface area contributed by atoms with E-state index in [-0.39, 0.29) is 17.9 Å². The molecule has 1 fully saturated rings. The average Bonchev–Trinajstić information content (AvgIpc) is 2.84. The molecule has 0 bridgehead atoms. The molecule has 21 heavy (non-hydrogen) atoms. The van der Waals surface area contributed by atoms with E-state index in [0.717, 1.165) is 19.4 Å². The summed E-state index contributed by atoms with van der Waals surface area (Å²) in [6.07, 6.45) is 1.62. The minimum absolute atomic E-state index is 0.0305. The maximum absolute atomic E-state index is 12.5. The highest BCUT2D eigenvalue weighted by Gasteiger charge is 2.36. The molecule has 0 aromatic rings. The molecule has 0 radical (unpaired) electrons. The highest BCUT2D eigenvalue weighted by molar-refractivity contribution is 5.86. The maximum atomic E-state index is 12.5. The predicted molar refractivity (Wildman–Crippen MR) is 84.2 cm³/mol. The number of carbonyl (C=O) groups excluding carboxylic acids is 2. The summed E-state index contributed by atoms with van der Waals surface area (Å²) in [7, 11) is 6.70. The van der Waals surface area contributed by atoms with Crippen LogP contribution in [0.15, 0.2) is 0 Å². The number of hydrogen-bond donors (Lipinski definition) is 1. The standard InChI is InChI=1S/C13H24N2O3.C2H7N/c1-9(2)11(14(4)13(17)18-5)12(16)15-8-6-7-10(15)3;1-3-2/h9-11H,6-8H2,1-5H3;3H,1-2H3. The van der Waals surface area contributed by atoms with Crippen LogP contribution in [0.3, 0.4) is 0 Å². The van der Waals surface area contributed by atoms with Gasteiger partial charge in [-0.1, -0.05) is 13.8 Å². The van der Waals surface area contributed by atoms with Crippen LogP contribution in [-0.4, -0.2) is 68.7 Å². The summed E-state index contributed by atoms with van der Waals surface area (Å²) in [4.78, 5) is 27.4. The van der Waals surface area contributed by atoms with E-state index < -0.39 is 12.1 Å². The van der Waals surface area contributed by atoms with Crippen molar-refractivity contribution in [1.82, 2.24) is 15.1 Å². The van der Waals surface area contributed by atoms with Crippen LogP contribution in [0, 0.1) is 5.92 Å². The fourth-order valence-electron chi connectivity index (χ4n) is 2.59. The molecule has 1 N–H and O–H groups in total. The van der Waals surface area contributed by atoms with Gasteiger partial charge in [0.2, 0.25) is 5.91 Å². The number of ether oxygens (including phenoxy) is 1. The van der Waals surface area contributed by atoms with Crippen LogP contribution < -0.4 is 5.32 Å². The molecule has 2 amide bonds. The summed E-state index contributed by atoms with van der Waals surface area (Å²) in [6.45, 7) is 6.74. The molecule has 0 aliphatic carbocycles. The van der Waals surface area contributed by atoms with Crippen LogP contribution in [0.2, 0.25) is 0 Å². The second-order valence-electron chi connectivity index (χ2n) is 5.79. The number of likely N-dealkylation sites (N-methyl/N-ethyl adjacent to an activating group) is 1. The first kappa shape index (κ1) is 19.7. The van der Waals surface area contributed by atoms with E-state index in [4.69, 9.17) is 4.74 Å². The van der Waals surface area contributed by atoms with Gasteiger partial charge in [-0.2, -0.15) is 0 Å². The number of likely N-dealkylation sites (tertiary alicyclic amines) is 1. The second kappa shape index (κ2) is 9.60. The zero-order chi connectivity index (χ0) is 16.6. The molecule has 1 aliphatic rings. The molecule has 0 spiro atoms. The minimum Gasteiger partial charge on any atom is -0.453 e. The molecule has 2 atom stereocenters. The molecular formula is C15H31N3O3. The molecule has 6 heteroatoms. The first-order valence-electron chi connectivity index (χ1n) is 7.51. The molecule has 1 aliphatic heterocycles. The van der Waals surface area contributed by atoms with Crippen molar-refractivity contribution in [1.29, 1.82) is 0 Å². The third kappa shape index (κ3) is 5.53. The lowest BCUT2D eigenvalue weighted by molar-refractivity contribution is -0.138. The monoisotopic (exact) mass is 301 g/mol. The Bertz CT molecular complexity index is 334. The van der Waals surface area contributed by atoms with Crippen molar-refractivity contribution in [3.63, 3.8) is 0 Å². The summed E-state index contributed by atoms with van der Waals surface area (Å²) in [6, 6.07) is -0.178. The van der Waals surface area contributed by atoms with Gasteiger partial charge in [-0.05, 0) is 39.8 Å². The third-order valence-corrected chi connectivity index (χ3v) is 3.60. The van der Waals surface area contributed by atoms with Gasteiger partial charge in [-0.15, -0.1) is 0 Å². The number of nitrogens with zero attached hydrogens (tertiary/aromatic N) is 2. The van der Waals surface area contributed by atoms with E-state index in [9.17, 15) is 9.59 Å². The van der Waals surface area contributed by atoms with Gasteiger partial charge in [0, 0.05) is 19.6 Å². The minimum atomic E-state index is -0.464. The Morgan fingerprint density at radius 3 is 2.19 bits per heavy atom. The number of methoxy groups -OCH3 is 1. The largest absolute Gasteiger partial charge is 0.453 e. The summed E-state index contributed by atoms with van der Waals surface area (Å²) in [5.74, 6) is 0.0947. The van der Waals surface area contributed by atoms with E-state index in [1.807, 2.05) is 32.8 Å². The van der Waals surface area contributed by atoms with Gasteiger partial charge in [-0.25, -0.2) is 4.79 Å². The van der Waals surface area contributed by atoms with Crippen molar-refractivity contribution in [3.05, 3.63) is 0 Å². The molecule has 124 valence electrons. The summed E-state index contributed by atoms with van der Waals surface area (Å²) >= 11 is 0. The highest BCUT2D eigenvalue weighted by Crippen LogP contribution is 2.21. The van der Waals surface area contributed by atoms with Crippen molar-refractivity contribution >= 4 is 12.0 Å². The van der Waals surface area contributed by atoms with Crippen molar-refractivity contribution in [2.75, 3.05) is 34.8 Å². The van der Waals surface area contributed by atoms with Gasteiger partial charge in [0.25, 0.3) is 0 Å². The number of amides is 2. The van der Waals surface area contributed by atoms with Crippen molar-refractivity contribution in [2.24, 2.45) is 5.92 Å². The lowest BCUT2D eigenvalue weighted by Gasteiger charge is -2.34. The number of carbonyl (C=O) groups is 2. The molecule has 1 heterocycles. The van der Waals surface area contributed by atoms with E-state index in [2.05, 4.69) is 12.2 Å². The number of nitrogens with one attached hydrogen (secondary N) is 1. The lowest BCUT2D eigenvalue weighted by Crippen LogP contribution is -2.52. The Labute approximate surface area is 128 Å². The average molecular weight is 301 g/mol. The maximum Gasteiger partial charge on any atom is 0.409 e. The Morgan fingerprint density at radius 2 is 1.86 bits per heavy atom. The van der Waals surface area contributed by atoms with Crippen LogP contribution >= 0.6 is 0 Å². The Morgan fingerprint density at radius 1 is 1.33 bits per heavy atom. The van der Waals surface area contributed by atoms with E-state index in [1.165, 1.54) is 12.0 Å². The van der Waals surface area contributed by atoms with Crippen molar-refractivity contribution < 1.29 is 14.3 Å². The highest BCUT2D eigenvalue weighted by atomic mass is 16.5. The fourth-order valence-corrected chi connectivity index (χ4v) is 2.59. The first-order chi connectivity index (χ1) is 9.81. The topological polar surface area (TPSA) is 61.9 Å². The van der Waals surface area contributed by atoms with Gasteiger partial charge >= 0.3 is 6.09 Å². The summed E-state index contributed by atoms with van der Waals surface area (Å²) in [5.41, 5.74) is 0. The van der Waals surface area contributed by atoms with Crippen LogP contribution in [0.1, 0.15) is 33.6 Å². The van der Waals surface area contributed by atoms with E-state index in [0.29, 0.717) is 0 Å². The zero-order valence-corrected chi connectivity index (χ0v) is 14.5. The fraction of sp³-hybridized carbons (Fsp3) is 0.867. The van der Waals surface area contributed by atoms with Crippen LogP contribution in [-0.2, 0) is 9.53 Å². The van der Waals surface area contributed by atoms with Crippen molar-refractivity contribution in [2.45, 2.75) is 45.7 Å². The van der Waals surface area contributed by atoms with Crippen LogP contribution in [0.4, 0.5) is 4.79 Å². The SMILES string of the molecule is CNC.COC(=O)N(C)C(C(=O)N1CCCC1C)C(C)C. The normalized spacial score (nSPS) is 18.9. The lowest BCUT2D eigenvalue weighted by atomic mass is 10.0. The third-order valence-electron chi connectivity index (χ3n) is 3.60. The first-order valence-corrected chi connectivity index (χ1v) is 7.51. The van der Waals surface area contributed by atoms with E-state index >= 15 is 0 Å². The summed E-state index contributed by atoms with van der Waals surface area (Å²) < 4.78 is 4.70. The smallest absolute Gasteiger partial charge is 0.409 e. The molecule has 2 unspecified atom stereocenters. The van der Waals surface area contributed by atoms with Crippen LogP contribution in [0.5, 0.6) is 0 Å². The molecule has 0 aromatic carbocycles. The Kier molecular flexibility index (Phi) is 9.01. The van der Waals surface area contributed by atoms with Gasteiger partial charge in [0.1, 0.15) is 6.04 Å².